The minimum absolute atomic E-state index is 0.117. The van der Waals surface area contributed by atoms with E-state index >= 15 is 0 Å². The second-order valence-corrected chi connectivity index (χ2v) is 6.28. The fourth-order valence-corrected chi connectivity index (χ4v) is 2.86. The highest BCUT2D eigenvalue weighted by molar-refractivity contribution is 5.94. The molecule has 138 valence electrons. The largest absolute Gasteiger partial charge is 0.494 e. The van der Waals surface area contributed by atoms with Gasteiger partial charge in [-0.3, -0.25) is 4.79 Å². The van der Waals surface area contributed by atoms with Gasteiger partial charge in [0, 0.05) is 26.2 Å². The molecule has 1 amide bonds. The van der Waals surface area contributed by atoms with Gasteiger partial charge in [-0.2, -0.15) is 0 Å². The predicted molar refractivity (Wildman–Crippen MR) is 96.1 cm³/mol. The molecule has 0 radical (unpaired) electrons. The molecular weight excluding hydrogens is 337 g/mol. The van der Waals surface area contributed by atoms with Crippen LogP contribution in [0.15, 0.2) is 36.4 Å². The molecule has 1 atom stereocenters. The maximum Gasteiger partial charge on any atom is 0.254 e. The lowest BCUT2D eigenvalue weighted by Crippen LogP contribution is -2.42. The normalized spacial score (nSPS) is 17.1. The Morgan fingerprint density at radius 1 is 1.35 bits per heavy atom. The Balaban J connectivity index is 1.77. The molecule has 1 aromatic heterocycles. The number of aromatic nitrogens is 1. The molecule has 3 rings (SSSR count). The van der Waals surface area contributed by atoms with Gasteiger partial charge in [0.1, 0.15) is 11.9 Å². The van der Waals surface area contributed by atoms with Crippen LogP contribution in [0.3, 0.4) is 0 Å². The second kappa shape index (κ2) is 7.70. The molecule has 6 nitrogen and oxygen atoms in total. The van der Waals surface area contributed by atoms with Crippen molar-refractivity contribution < 1.29 is 18.7 Å². The number of rotatable bonds is 4. The third kappa shape index (κ3) is 3.77. The molecule has 7 heteroatoms. The molecule has 2 heterocycles. The minimum atomic E-state index is -0.552. The summed E-state index contributed by atoms with van der Waals surface area (Å²) in [7, 11) is 5.23. The van der Waals surface area contributed by atoms with E-state index in [9.17, 15) is 9.18 Å². The molecule has 26 heavy (non-hydrogen) atoms. The first-order valence-corrected chi connectivity index (χ1v) is 8.38. The van der Waals surface area contributed by atoms with Crippen molar-refractivity contribution in [1.29, 1.82) is 0 Å². The summed E-state index contributed by atoms with van der Waals surface area (Å²) < 4.78 is 24.6. The molecule has 1 aliphatic heterocycles. The first-order chi connectivity index (χ1) is 12.5. The van der Waals surface area contributed by atoms with Crippen LogP contribution in [0.2, 0.25) is 0 Å². The Morgan fingerprint density at radius 3 is 2.85 bits per heavy atom. The van der Waals surface area contributed by atoms with Crippen molar-refractivity contribution in [3.05, 3.63) is 53.5 Å². The Labute approximate surface area is 152 Å². The number of pyridine rings is 1. The third-order valence-electron chi connectivity index (χ3n) is 4.30. The first-order valence-electron chi connectivity index (χ1n) is 8.38. The molecule has 0 bridgehead atoms. The van der Waals surface area contributed by atoms with Crippen molar-refractivity contribution in [1.82, 2.24) is 9.88 Å². The van der Waals surface area contributed by atoms with Gasteiger partial charge in [-0.1, -0.05) is 6.07 Å². The third-order valence-corrected chi connectivity index (χ3v) is 4.30. The number of morpholine rings is 1. The molecule has 0 spiro atoms. The number of hydrogen-bond donors (Lipinski definition) is 0. The number of carbonyl (C=O) groups is 1. The number of amides is 1. The van der Waals surface area contributed by atoms with Gasteiger partial charge < -0.3 is 19.3 Å². The smallest absolute Gasteiger partial charge is 0.254 e. The van der Waals surface area contributed by atoms with Gasteiger partial charge in [-0.05, 0) is 30.3 Å². The highest BCUT2D eigenvalue weighted by atomic mass is 19.1. The Morgan fingerprint density at radius 2 is 2.15 bits per heavy atom. The summed E-state index contributed by atoms with van der Waals surface area (Å²) in [5.41, 5.74) is 1.06. The first kappa shape index (κ1) is 18.1. The summed E-state index contributed by atoms with van der Waals surface area (Å²) in [5.74, 6) is 0.157. The lowest BCUT2D eigenvalue weighted by Gasteiger charge is -2.33. The van der Waals surface area contributed by atoms with Gasteiger partial charge in [0.2, 0.25) is 0 Å². The molecule has 0 unspecified atom stereocenters. The summed E-state index contributed by atoms with van der Waals surface area (Å²) in [4.78, 5) is 20.9. The summed E-state index contributed by atoms with van der Waals surface area (Å²) in [6.45, 7) is 1.23. The topological polar surface area (TPSA) is 54.9 Å². The van der Waals surface area contributed by atoms with E-state index in [-0.39, 0.29) is 17.8 Å². The van der Waals surface area contributed by atoms with E-state index in [0.29, 0.717) is 25.3 Å². The van der Waals surface area contributed by atoms with E-state index in [0.717, 1.165) is 11.5 Å². The number of carbonyl (C=O) groups excluding carboxylic acids is 1. The zero-order valence-corrected chi connectivity index (χ0v) is 15.1. The van der Waals surface area contributed by atoms with Crippen LogP contribution in [0, 0.1) is 5.82 Å². The summed E-state index contributed by atoms with van der Waals surface area (Å²) in [5, 5.41) is 0. The zero-order valence-electron chi connectivity index (χ0n) is 15.1. The molecule has 1 aromatic carbocycles. The van der Waals surface area contributed by atoms with Crippen LogP contribution in [-0.4, -0.2) is 56.7 Å². The van der Waals surface area contributed by atoms with Crippen LogP contribution in [0.5, 0.6) is 5.75 Å². The molecule has 0 aliphatic carbocycles. The molecule has 1 saturated heterocycles. The van der Waals surface area contributed by atoms with Crippen LogP contribution in [0.25, 0.3) is 0 Å². The van der Waals surface area contributed by atoms with Crippen molar-refractivity contribution in [2.45, 2.75) is 6.10 Å². The van der Waals surface area contributed by atoms with Crippen molar-refractivity contribution >= 4 is 11.7 Å². The van der Waals surface area contributed by atoms with Gasteiger partial charge in [0.05, 0.1) is 26.0 Å². The summed E-state index contributed by atoms with van der Waals surface area (Å²) >= 11 is 0. The Bertz CT molecular complexity index is 797. The molecule has 1 aliphatic rings. The lowest BCUT2D eigenvalue weighted by molar-refractivity contribution is -0.0247. The van der Waals surface area contributed by atoms with Gasteiger partial charge in [0.15, 0.2) is 11.6 Å². The van der Waals surface area contributed by atoms with E-state index in [4.69, 9.17) is 9.47 Å². The van der Waals surface area contributed by atoms with Crippen LogP contribution >= 0.6 is 0 Å². The number of nitrogens with zero attached hydrogens (tertiary/aromatic N) is 3. The summed E-state index contributed by atoms with van der Waals surface area (Å²) in [6.07, 6.45) is -0.310. The fraction of sp³-hybridized carbons (Fsp3) is 0.368. The lowest BCUT2D eigenvalue weighted by atomic mass is 10.1. The van der Waals surface area contributed by atoms with E-state index in [1.54, 1.807) is 11.0 Å². The van der Waals surface area contributed by atoms with E-state index < -0.39 is 5.82 Å². The average Bonchev–Trinajstić information content (AvgIpc) is 2.67. The number of ether oxygens (including phenoxy) is 2. The maximum absolute atomic E-state index is 13.9. The van der Waals surface area contributed by atoms with E-state index in [1.807, 2.05) is 37.2 Å². The highest BCUT2D eigenvalue weighted by Gasteiger charge is 2.27. The highest BCUT2D eigenvalue weighted by Crippen LogP contribution is 2.25. The number of methoxy groups -OCH3 is 1. The predicted octanol–water partition coefficient (Wildman–Crippen LogP) is 2.51. The molecule has 0 N–H and O–H groups in total. The SMILES string of the molecule is COc1ccc(C(=O)N2CCO[C@H](c3cccc(N(C)C)n3)C2)cc1F. The van der Waals surface area contributed by atoms with Gasteiger partial charge in [-0.15, -0.1) is 0 Å². The molecule has 0 saturated carbocycles. The second-order valence-electron chi connectivity index (χ2n) is 6.28. The fourth-order valence-electron chi connectivity index (χ4n) is 2.86. The number of benzene rings is 1. The summed E-state index contributed by atoms with van der Waals surface area (Å²) in [6, 6.07) is 9.95. The molecular formula is C19H22FN3O3. The Hall–Kier alpha value is -2.67. The van der Waals surface area contributed by atoms with E-state index in [1.165, 1.54) is 19.2 Å². The van der Waals surface area contributed by atoms with Crippen LogP contribution in [-0.2, 0) is 4.74 Å². The zero-order chi connectivity index (χ0) is 18.7. The number of hydrogen-bond acceptors (Lipinski definition) is 5. The van der Waals surface area contributed by atoms with Crippen LogP contribution in [0.4, 0.5) is 10.2 Å². The number of anilines is 1. The quantitative estimate of drug-likeness (QED) is 0.840. The Kier molecular flexibility index (Phi) is 5.37. The van der Waals surface area contributed by atoms with Crippen molar-refractivity contribution in [3.8, 4) is 5.75 Å². The van der Waals surface area contributed by atoms with Crippen LogP contribution < -0.4 is 9.64 Å². The molecule has 2 aromatic rings. The monoisotopic (exact) mass is 359 g/mol. The minimum Gasteiger partial charge on any atom is -0.494 e. The van der Waals surface area contributed by atoms with Gasteiger partial charge in [-0.25, -0.2) is 9.37 Å². The standard InChI is InChI=1S/C19H22FN3O3/c1-22(2)18-6-4-5-15(21-18)17-12-23(9-10-26-17)19(24)13-7-8-16(25-3)14(20)11-13/h4-8,11,17H,9-10,12H2,1-3H3/t17-/m0/s1. The average molecular weight is 359 g/mol. The van der Waals surface area contributed by atoms with E-state index in [2.05, 4.69) is 4.98 Å². The molecule has 1 fully saturated rings. The van der Waals surface area contributed by atoms with Crippen molar-refractivity contribution in [2.24, 2.45) is 0 Å². The maximum atomic E-state index is 13.9. The van der Waals surface area contributed by atoms with Crippen molar-refractivity contribution in [2.75, 3.05) is 45.8 Å². The number of halogens is 1. The van der Waals surface area contributed by atoms with Crippen LogP contribution in [0.1, 0.15) is 22.2 Å². The van der Waals surface area contributed by atoms with Crippen molar-refractivity contribution in [3.63, 3.8) is 0 Å². The van der Waals surface area contributed by atoms with Gasteiger partial charge >= 0.3 is 0 Å². The van der Waals surface area contributed by atoms with Gasteiger partial charge in [0.25, 0.3) is 5.91 Å².